The number of carbonyl (C=O) groups is 1. The molecule has 2 aromatic rings. The first-order valence-electron chi connectivity index (χ1n) is 9.03. The van der Waals surface area contributed by atoms with Gasteiger partial charge in [-0.3, -0.25) is 9.36 Å². The Morgan fingerprint density at radius 2 is 2.00 bits per heavy atom. The number of rotatable bonds is 4. The number of ether oxygens (including phenoxy) is 1. The number of nitrogens with one attached hydrogen (secondary N) is 1. The minimum Gasteiger partial charge on any atom is -0.465 e. The molecule has 2 bridgehead atoms. The van der Waals surface area contributed by atoms with Crippen LogP contribution in [0, 0.1) is 6.92 Å². The van der Waals surface area contributed by atoms with Crippen molar-refractivity contribution in [2.45, 2.75) is 56.7 Å². The zero-order valence-corrected chi connectivity index (χ0v) is 14.8. The molecule has 3 fully saturated rings. The van der Waals surface area contributed by atoms with E-state index in [0.717, 1.165) is 43.2 Å². The molecular weight excluding hydrogens is 334 g/mol. The first-order chi connectivity index (χ1) is 12.4. The van der Waals surface area contributed by atoms with E-state index in [0.29, 0.717) is 18.8 Å². The molecule has 26 heavy (non-hydrogen) atoms. The molecule has 2 saturated heterocycles. The third-order valence-electron chi connectivity index (χ3n) is 5.91. The Labute approximate surface area is 151 Å². The molecule has 0 unspecified atom stereocenters. The number of aryl methyl sites for hydroxylation is 2. The molecule has 2 N–H and O–H groups in total. The Kier molecular flexibility index (Phi) is 3.99. The lowest BCUT2D eigenvalue weighted by molar-refractivity contribution is -0.164. The standard InChI is InChI=1S/C19H23N3O4/c1-13-2-3-14-4-5-15(23)22(16(14)20-13)11-10-19-8-6-18(7-9-19,12-26-19)21-17(24)25/h2-5,21H,6-12H2,1H3,(H,24,25). The summed E-state index contributed by atoms with van der Waals surface area (Å²) in [5, 5.41) is 12.6. The van der Waals surface area contributed by atoms with Crippen LogP contribution in [-0.4, -0.2) is 38.5 Å². The summed E-state index contributed by atoms with van der Waals surface area (Å²) in [4.78, 5) is 28.0. The van der Waals surface area contributed by atoms with Crippen LogP contribution in [0.2, 0.25) is 0 Å². The van der Waals surface area contributed by atoms with Crippen LogP contribution < -0.4 is 10.9 Å². The normalized spacial score (nSPS) is 27.6. The van der Waals surface area contributed by atoms with Crippen LogP contribution in [0.5, 0.6) is 0 Å². The quantitative estimate of drug-likeness (QED) is 0.877. The lowest BCUT2D eigenvalue weighted by Crippen LogP contribution is -2.62. The van der Waals surface area contributed by atoms with Gasteiger partial charge in [0.1, 0.15) is 5.65 Å². The van der Waals surface area contributed by atoms with Crippen molar-refractivity contribution < 1.29 is 14.6 Å². The van der Waals surface area contributed by atoms with Crippen LogP contribution in [0.4, 0.5) is 4.79 Å². The van der Waals surface area contributed by atoms with Crippen molar-refractivity contribution in [1.29, 1.82) is 0 Å². The van der Waals surface area contributed by atoms with Crippen molar-refractivity contribution >= 4 is 17.1 Å². The summed E-state index contributed by atoms with van der Waals surface area (Å²) < 4.78 is 7.83. The Morgan fingerprint density at radius 1 is 1.27 bits per heavy atom. The van der Waals surface area contributed by atoms with Crippen molar-refractivity contribution in [2.75, 3.05) is 6.61 Å². The molecule has 0 aromatic carbocycles. The summed E-state index contributed by atoms with van der Waals surface area (Å²) in [6, 6.07) is 7.32. The number of carboxylic acid groups (broad SMARTS) is 1. The Balaban J connectivity index is 1.53. The number of amides is 1. The molecule has 0 radical (unpaired) electrons. The molecule has 7 heteroatoms. The van der Waals surface area contributed by atoms with Gasteiger partial charge in [0.2, 0.25) is 0 Å². The van der Waals surface area contributed by atoms with Gasteiger partial charge in [0.25, 0.3) is 5.56 Å². The fourth-order valence-corrected chi connectivity index (χ4v) is 4.26. The van der Waals surface area contributed by atoms with Crippen LogP contribution in [-0.2, 0) is 11.3 Å². The van der Waals surface area contributed by atoms with E-state index in [1.807, 2.05) is 25.1 Å². The second-order valence-electron chi connectivity index (χ2n) is 7.62. The highest BCUT2D eigenvalue weighted by Gasteiger charge is 2.50. The Bertz CT molecular complexity index is 896. The van der Waals surface area contributed by atoms with E-state index in [9.17, 15) is 9.59 Å². The van der Waals surface area contributed by atoms with Gasteiger partial charge in [0.05, 0.1) is 17.7 Å². The Hall–Kier alpha value is -2.41. The summed E-state index contributed by atoms with van der Waals surface area (Å²) in [5.41, 5.74) is 0.824. The SMILES string of the molecule is Cc1ccc2ccc(=O)n(CCC34CCC(NC(=O)O)(CC3)CO4)c2n1. The van der Waals surface area contributed by atoms with Gasteiger partial charge in [-0.1, -0.05) is 0 Å². The average molecular weight is 357 g/mol. The molecule has 4 heterocycles. The van der Waals surface area contributed by atoms with Gasteiger partial charge in [0.15, 0.2) is 0 Å². The van der Waals surface area contributed by atoms with Gasteiger partial charge in [0, 0.05) is 23.7 Å². The summed E-state index contributed by atoms with van der Waals surface area (Å²) in [5.74, 6) is 0. The lowest BCUT2D eigenvalue weighted by atomic mass is 9.70. The smallest absolute Gasteiger partial charge is 0.405 e. The monoisotopic (exact) mass is 357 g/mol. The van der Waals surface area contributed by atoms with E-state index in [2.05, 4.69) is 10.3 Å². The topological polar surface area (TPSA) is 93.5 Å². The largest absolute Gasteiger partial charge is 0.465 e. The molecule has 3 aliphatic rings. The molecule has 7 nitrogen and oxygen atoms in total. The van der Waals surface area contributed by atoms with Crippen LogP contribution in [0.25, 0.3) is 11.0 Å². The average Bonchev–Trinajstić information content (AvgIpc) is 2.62. The minimum absolute atomic E-state index is 0.0551. The van der Waals surface area contributed by atoms with Crippen LogP contribution in [0.15, 0.2) is 29.1 Å². The molecule has 5 rings (SSSR count). The highest BCUT2D eigenvalue weighted by molar-refractivity contribution is 5.75. The maximum atomic E-state index is 12.4. The van der Waals surface area contributed by atoms with Crippen molar-refractivity contribution in [2.24, 2.45) is 0 Å². The number of hydrogen-bond acceptors (Lipinski definition) is 4. The van der Waals surface area contributed by atoms with Gasteiger partial charge >= 0.3 is 6.09 Å². The fraction of sp³-hybridized carbons (Fsp3) is 0.526. The van der Waals surface area contributed by atoms with Gasteiger partial charge in [-0.2, -0.15) is 0 Å². The maximum Gasteiger partial charge on any atom is 0.405 e. The summed E-state index contributed by atoms with van der Waals surface area (Å²) in [6.07, 6.45) is 2.90. The van der Waals surface area contributed by atoms with E-state index in [4.69, 9.17) is 9.84 Å². The number of nitrogens with zero attached hydrogens (tertiary/aromatic N) is 2. The second-order valence-corrected chi connectivity index (χ2v) is 7.62. The lowest BCUT2D eigenvalue weighted by Gasteiger charge is -2.53. The van der Waals surface area contributed by atoms with E-state index < -0.39 is 11.6 Å². The van der Waals surface area contributed by atoms with E-state index >= 15 is 0 Å². The first-order valence-corrected chi connectivity index (χ1v) is 9.03. The fourth-order valence-electron chi connectivity index (χ4n) is 4.26. The molecular formula is C19H23N3O4. The van der Waals surface area contributed by atoms with Gasteiger partial charge in [-0.15, -0.1) is 0 Å². The summed E-state index contributed by atoms with van der Waals surface area (Å²) >= 11 is 0. The molecule has 2 aromatic heterocycles. The maximum absolute atomic E-state index is 12.4. The predicted molar refractivity (Wildman–Crippen MR) is 96.4 cm³/mol. The third-order valence-corrected chi connectivity index (χ3v) is 5.91. The summed E-state index contributed by atoms with van der Waals surface area (Å²) in [7, 11) is 0. The molecule has 1 amide bonds. The zero-order chi connectivity index (χ0) is 18.4. The van der Waals surface area contributed by atoms with Crippen molar-refractivity contribution in [3.8, 4) is 0 Å². The van der Waals surface area contributed by atoms with Crippen molar-refractivity contribution in [3.05, 3.63) is 40.3 Å². The van der Waals surface area contributed by atoms with Gasteiger partial charge < -0.3 is 15.2 Å². The van der Waals surface area contributed by atoms with Crippen LogP contribution in [0.1, 0.15) is 37.8 Å². The van der Waals surface area contributed by atoms with Crippen LogP contribution in [0.3, 0.4) is 0 Å². The zero-order valence-electron chi connectivity index (χ0n) is 14.8. The number of fused-ring (bicyclic) bond motifs is 4. The van der Waals surface area contributed by atoms with E-state index in [1.54, 1.807) is 10.6 Å². The molecule has 0 spiro atoms. The highest BCUT2D eigenvalue weighted by atomic mass is 16.5. The van der Waals surface area contributed by atoms with Gasteiger partial charge in [-0.05, 0) is 57.2 Å². The number of aromatic nitrogens is 2. The summed E-state index contributed by atoms with van der Waals surface area (Å²) in [6.45, 7) is 2.87. The second kappa shape index (κ2) is 6.09. The molecule has 138 valence electrons. The Morgan fingerprint density at radius 3 is 2.65 bits per heavy atom. The minimum atomic E-state index is -0.994. The third kappa shape index (κ3) is 2.96. The van der Waals surface area contributed by atoms with E-state index in [1.165, 1.54) is 0 Å². The number of hydrogen-bond donors (Lipinski definition) is 2. The number of pyridine rings is 2. The molecule has 0 atom stereocenters. The van der Waals surface area contributed by atoms with E-state index in [-0.39, 0.29) is 11.2 Å². The molecule has 1 aliphatic carbocycles. The van der Waals surface area contributed by atoms with Crippen molar-refractivity contribution in [1.82, 2.24) is 14.9 Å². The van der Waals surface area contributed by atoms with Crippen molar-refractivity contribution in [3.63, 3.8) is 0 Å². The first kappa shape index (κ1) is 17.0. The highest BCUT2D eigenvalue weighted by Crippen LogP contribution is 2.45. The van der Waals surface area contributed by atoms with Crippen LogP contribution >= 0.6 is 0 Å². The molecule has 1 saturated carbocycles. The van der Waals surface area contributed by atoms with Gasteiger partial charge in [-0.25, -0.2) is 9.78 Å². The molecule has 2 aliphatic heterocycles. The predicted octanol–water partition coefficient (Wildman–Crippen LogP) is 2.44.